The van der Waals surface area contributed by atoms with Crippen LogP contribution in [0.25, 0.3) is 0 Å². The zero-order valence-corrected chi connectivity index (χ0v) is 10.1. The van der Waals surface area contributed by atoms with E-state index in [1.165, 1.54) is 25.7 Å². The molecular weight excluding hydrogens is 190 g/mol. The van der Waals surface area contributed by atoms with Crippen molar-refractivity contribution in [1.82, 2.24) is 5.32 Å². The van der Waals surface area contributed by atoms with Gasteiger partial charge in [0.1, 0.15) is 0 Å². The predicted molar refractivity (Wildman–Crippen MR) is 62.0 cm³/mol. The van der Waals surface area contributed by atoms with E-state index in [0.29, 0.717) is 6.10 Å². The summed E-state index contributed by atoms with van der Waals surface area (Å²) < 4.78 is 5.78. The van der Waals surface area contributed by atoms with Crippen molar-refractivity contribution in [2.24, 2.45) is 0 Å². The molecule has 0 radical (unpaired) electrons. The maximum absolute atomic E-state index is 9.19. The molecule has 3 heteroatoms. The third-order valence-electron chi connectivity index (χ3n) is 3.48. The van der Waals surface area contributed by atoms with Crippen LogP contribution in [-0.2, 0) is 4.74 Å². The second kappa shape index (κ2) is 6.46. The summed E-state index contributed by atoms with van der Waals surface area (Å²) in [5.41, 5.74) is -0.140. The van der Waals surface area contributed by atoms with Crippen LogP contribution in [0.5, 0.6) is 0 Å². The van der Waals surface area contributed by atoms with Gasteiger partial charge in [0.05, 0.1) is 12.7 Å². The number of aliphatic hydroxyl groups excluding tert-OH is 1. The molecule has 3 nitrogen and oxygen atoms in total. The number of rotatable bonds is 7. The van der Waals surface area contributed by atoms with E-state index in [1.807, 2.05) is 14.0 Å². The summed E-state index contributed by atoms with van der Waals surface area (Å²) >= 11 is 0. The van der Waals surface area contributed by atoms with Gasteiger partial charge in [-0.25, -0.2) is 0 Å². The Labute approximate surface area is 93.2 Å². The van der Waals surface area contributed by atoms with Crippen LogP contribution in [0.15, 0.2) is 0 Å². The lowest BCUT2D eigenvalue weighted by molar-refractivity contribution is 0.0495. The van der Waals surface area contributed by atoms with Gasteiger partial charge in [0.15, 0.2) is 0 Å². The summed E-state index contributed by atoms with van der Waals surface area (Å²) in [6.45, 7) is 3.07. The largest absolute Gasteiger partial charge is 0.394 e. The fraction of sp³-hybridized carbons (Fsp3) is 1.00. The van der Waals surface area contributed by atoms with Crippen LogP contribution in [0.2, 0.25) is 0 Å². The maximum atomic E-state index is 9.19. The minimum absolute atomic E-state index is 0.140. The van der Waals surface area contributed by atoms with Crippen LogP contribution in [0, 0.1) is 0 Å². The van der Waals surface area contributed by atoms with Gasteiger partial charge in [-0.3, -0.25) is 0 Å². The molecule has 1 fully saturated rings. The zero-order chi connectivity index (χ0) is 11.1. The molecule has 0 amide bonds. The fourth-order valence-electron chi connectivity index (χ4n) is 2.05. The van der Waals surface area contributed by atoms with Crippen LogP contribution >= 0.6 is 0 Å². The van der Waals surface area contributed by atoms with E-state index >= 15 is 0 Å². The Morgan fingerprint density at radius 1 is 1.40 bits per heavy atom. The predicted octanol–water partition coefficient (Wildman–Crippen LogP) is 1.70. The van der Waals surface area contributed by atoms with Crippen LogP contribution in [0.1, 0.15) is 45.4 Å². The lowest BCUT2D eigenvalue weighted by Gasteiger charge is -2.26. The van der Waals surface area contributed by atoms with E-state index in [1.54, 1.807) is 0 Å². The van der Waals surface area contributed by atoms with Crippen molar-refractivity contribution in [1.29, 1.82) is 0 Å². The molecule has 15 heavy (non-hydrogen) atoms. The average Bonchev–Trinajstić information content (AvgIpc) is 2.77. The zero-order valence-electron chi connectivity index (χ0n) is 10.1. The smallest absolute Gasteiger partial charge is 0.0610 e. The molecule has 1 atom stereocenters. The molecule has 1 aliphatic carbocycles. The summed E-state index contributed by atoms with van der Waals surface area (Å²) in [5, 5.41) is 12.3. The molecule has 90 valence electrons. The SMILES string of the molecule is CNC(C)(CO)CCCOC1CCCC1. The topological polar surface area (TPSA) is 41.5 Å². The molecule has 0 aromatic carbocycles. The first-order chi connectivity index (χ1) is 7.20. The van der Waals surface area contributed by atoms with E-state index in [2.05, 4.69) is 5.32 Å². The molecule has 0 aromatic rings. The van der Waals surface area contributed by atoms with Gasteiger partial charge in [0.25, 0.3) is 0 Å². The fourth-order valence-corrected chi connectivity index (χ4v) is 2.05. The third-order valence-corrected chi connectivity index (χ3v) is 3.48. The molecule has 1 rings (SSSR count). The maximum Gasteiger partial charge on any atom is 0.0610 e. The van der Waals surface area contributed by atoms with E-state index in [4.69, 9.17) is 4.74 Å². The molecule has 0 heterocycles. The van der Waals surface area contributed by atoms with Crippen molar-refractivity contribution in [3.05, 3.63) is 0 Å². The Hall–Kier alpha value is -0.120. The molecule has 0 aromatic heterocycles. The first-order valence-electron chi connectivity index (χ1n) is 6.11. The Kier molecular flexibility index (Phi) is 5.58. The van der Waals surface area contributed by atoms with Gasteiger partial charge in [-0.1, -0.05) is 12.8 Å². The Morgan fingerprint density at radius 2 is 2.07 bits per heavy atom. The van der Waals surface area contributed by atoms with Gasteiger partial charge in [0, 0.05) is 12.1 Å². The second-order valence-electron chi connectivity index (χ2n) is 4.85. The molecule has 1 aliphatic rings. The van der Waals surface area contributed by atoms with Crippen molar-refractivity contribution in [2.75, 3.05) is 20.3 Å². The van der Waals surface area contributed by atoms with Crippen LogP contribution in [0.4, 0.5) is 0 Å². The van der Waals surface area contributed by atoms with E-state index in [9.17, 15) is 5.11 Å². The van der Waals surface area contributed by atoms with Gasteiger partial charge in [-0.15, -0.1) is 0 Å². The molecule has 0 saturated heterocycles. The van der Waals surface area contributed by atoms with Crippen LogP contribution in [0.3, 0.4) is 0 Å². The third kappa shape index (κ3) is 4.49. The first-order valence-corrected chi connectivity index (χ1v) is 6.11. The monoisotopic (exact) mass is 215 g/mol. The van der Waals surface area contributed by atoms with Gasteiger partial charge in [-0.2, -0.15) is 0 Å². The van der Waals surface area contributed by atoms with Crippen LogP contribution in [-0.4, -0.2) is 37.0 Å². The number of nitrogens with one attached hydrogen (secondary N) is 1. The highest BCUT2D eigenvalue weighted by molar-refractivity contribution is 4.80. The highest BCUT2D eigenvalue weighted by Crippen LogP contribution is 2.21. The molecular formula is C12H25NO2. The van der Waals surface area contributed by atoms with Crippen molar-refractivity contribution in [3.63, 3.8) is 0 Å². The van der Waals surface area contributed by atoms with Crippen molar-refractivity contribution < 1.29 is 9.84 Å². The molecule has 1 saturated carbocycles. The lowest BCUT2D eigenvalue weighted by atomic mass is 9.97. The van der Waals surface area contributed by atoms with Crippen molar-refractivity contribution in [2.45, 2.75) is 57.1 Å². The van der Waals surface area contributed by atoms with E-state index in [-0.39, 0.29) is 12.1 Å². The standard InChI is InChI=1S/C12H25NO2/c1-12(10-14,13-2)8-5-9-15-11-6-3-4-7-11/h11,13-14H,3-10H2,1-2H3. The number of likely N-dealkylation sites (N-methyl/N-ethyl adjacent to an activating group) is 1. The second-order valence-corrected chi connectivity index (χ2v) is 4.85. The number of hydrogen-bond acceptors (Lipinski definition) is 3. The first kappa shape index (κ1) is 12.9. The minimum atomic E-state index is -0.140. The molecule has 0 spiro atoms. The Morgan fingerprint density at radius 3 is 2.60 bits per heavy atom. The summed E-state index contributed by atoms with van der Waals surface area (Å²) in [6.07, 6.45) is 7.64. The normalized spacial score (nSPS) is 21.8. The van der Waals surface area contributed by atoms with E-state index in [0.717, 1.165) is 19.4 Å². The van der Waals surface area contributed by atoms with Gasteiger partial charge in [-0.05, 0) is 39.7 Å². The van der Waals surface area contributed by atoms with Crippen molar-refractivity contribution in [3.8, 4) is 0 Å². The van der Waals surface area contributed by atoms with E-state index < -0.39 is 0 Å². The van der Waals surface area contributed by atoms with Gasteiger partial charge in [0.2, 0.25) is 0 Å². The summed E-state index contributed by atoms with van der Waals surface area (Å²) in [4.78, 5) is 0. The number of ether oxygens (including phenoxy) is 1. The Bertz CT molecular complexity index is 163. The molecule has 1 unspecified atom stereocenters. The highest BCUT2D eigenvalue weighted by atomic mass is 16.5. The highest BCUT2D eigenvalue weighted by Gasteiger charge is 2.20. The number of hydrogen-bond donors (Lipinski definition) is 2. The average molecular weight is 215 g/mol. The number of aliphatic hydroxyl groups is 1. The van der Waals surface area contributed by atoms with Crippen LogP contribution < -0.4 is 5.32 Å². The molecule has 0 bridgehead atoms. The van der Waals surface area contributed by atoms with Gasteiger partial charge < -0.3 is 15.2 Å². The minimum Gasteiger partial charge on any atom is -0.394 e. The quantitative estimate of drug-likeness (QED) is 0.635. The summed E-state index contributed by atoms with van der Waals surface area (Å²) in [5.74, 6) is 0. The van der Waals surface area contributed by atoms with Gasteiger partial charge >= 0.3 is 0 Å². The molecule has 0 aliphatic heterocycles. The van der Waals surface area contributed by atoms with Crippen molar-refractivity contribution >= 4 is 0 Å². The molecule has 2 N–H and O–H groups in total. The lowest BCUT2D eigenvalue weighted by Crippen LogP contribution is -2.43. The summed E-state index contributed by atoms with van der Waals surface area (Å²) in [6, 6.07) is 0. The Balaban J connectivity index is 2.04. The summed E-state index contributed by atoms with van der Waals surface area (Å²) in [7, 11) is 1.90.